The molecule has 1 fully saturated rings. The summed E-state index contributed by atoms with van der Waals surface area (Å²) in [5.41, 5.74) is 1.79. The molecule has 1 aliphatic heterocycles. The molecule has 0 atom stereocenters. The molecule has 0 aromatic heterocycles. The van der Waals surface area contributed by atoms with Gasteiger partial charge < -0.3 is 20.3 Å². The zero-order valence-corrected chi connectivity index (χ0v) is 17.9. The van der Waals surface area contributed by atoms with Gasteiger partial charge in [0.05, 0.1) is 0 Å². The number of aryl methyl sites for hydroxylation is 2. The summed E-state index contributed by atoms with van der Waals surface area (Å²) in [6.45, 7) is 8.50. The van der Waals surface area contributed by atoms with Crippen LogP contribution in [-0.2, 0) is 20.7 Å². The van der Waals surface area contributed by atoms with Crippen LogP contribution in [0.15, 0.2) is 24.3 Å². The number of hydrogen-bond donors (Lipinski definition) is 2. The van der Waals surface area contributed by atoms with E-state index in [1.54, 1.807) is 20.8 Å². The van der Waals surface area contributed by atoms with Crippen LogP contribution in [0.2, 0.25) is 0 Å². The molecule has 3 amide bonds. The molecule has 7 heteroatoms. The predicted octanol–water partition coefficient (Wildman–Crippen LogP) is 2.56. The first-order valence-electron chi connectivity index (χ1n) is 10.2. The Hall–Kier alpha value is -2.57. The van der Waals surface area contributed by atoms with Crippen molar-refractivity contribution in [1.29, 1.82) is 0 Å². The fourth-order valence-electron chi connectivity index (χ4n) is 3.18. The lowest BCUT2D eigenvalue weighted by Crippen LogP contribution is -2.49. The molecule has 1 aromatic carbocycles. The van der Waals surface area contributed by atoms with E-state index in [2.05, 4.69) is 34.9 Å². The summed E-state index contributed by atoms with van der Waals surface area (Å²) in [5.74, 6) is -0.0954. The molecule has 2 rings (SSSR count). The molecule has 0 bridgehead atoms. The topological polar surface area (TPSA) is 87.7 Å². The Morgan fingerprint density at radius 3 is 2.31 bits per heavy atom. The average Bonchev–Trinajstić information content (AvgIpc) is 2.65. The van der Waals surface area contributed by atoms with Gasteiger partial charge in [0.1, 0.15) is 12.1 Å². The minimum absolute atomic E-state index is 0.0177. The normalized spacial score (nSPS) is 15.0. The van der Waals surface area contributed by atoms with Crippen LogP contribution in [0.5, 0.6) is 0 Å². The van der Waals surface area contributed by atoms with Gasteiger partial charge in [-0.2, -0.15) is 0 Å². The predicted molar refractivity (Wildman–Crippen MR) is 111 cm³/mol. The number of carbonyl (C=O) groups excluding carboxylic acids is 3. The van der Waals surface area contributed by atoms with Gasteiger partial charge in [0.15, 0.2) is 0 Å². The van der Waals surface area contributed by atoms with Crippen molar-refractivity contribution >= 4 is 17.9 Å². The molecule has 0 aliphatic carbocycles. The monoisotopic (exact) mass is 403 g/mol. The van der Waals surface area contributed by atoms with Crippen molar-refractivity contribution in [3.8, 4) is 0 Å². The van der Waals surface area contributed by atoms with E-state index in [-0.39, 0.29) is 24.4 Å². The second kappa shape index (κ2) is 10.3. The third-order valence-corrected chi connectivity index (χ3v) is 4.75. The van der Waals surface area contributed by atoms with E-state index in [9.17, 15) is 14.4 Å². The minimum Gasteiger partial charge on any atom is -0.444 e. The second-order valence-corrected chi connectivity index (χ2v) is 8.56. The fourth-order valence-corrected chi connectivity index (χ4v) is 3.18. The number of alkyl carbamates (subject to hydrolysis) is 1. The van der Waals surface area contributed by atoms with E-state index in [0.29, 0.717) is 32.4 Å². The molecule has 0 saturated carbocycles. The molecule has 0 spiro atoms. The number of hydrogen-bond acceptors (Lipinski definition) is 4. The van der Waals surface area contributed by atoms with Crippen molar-refractivity contribution in [3.05, 3.63) is 35.4 Å². The van der Waals surface area contributed by atoms with Crippen molar-refractivity contribution in [1.82, 2.24) is 15.5 Å². The summed E-state index contributed by atoms with van der Waals surface area (Å²) in [6.07, 6.45) is 2.07. The maximum absolute atomic E-state index is 12.4. The molecule has 0 unspecified atom stereocenters. The summed E-state index contributed by atoms with van der Waals surface area (Å²) >= 11 is 0. The minimum atomic E-state index is -0.610. The van der Waals surface area contributed by atoms with E-state index in [4.69, 9.17) is 4.74 Å². The van der Waals surface area contributed by atoms with E-state index >= 15 is 0 Å². The quantitative estimate of drug-likeness (QED) is 0.764. The number of nitrogens with zero attached hydrogens (tertiary/aromatic N) is 1. The van der Waals surface area contributed by atoms with Crippen molar-refractivity contribution in [2.75, 3.05) is 19.6 Å². The molecule has 1 aromatic rings. The summed E-state index contributed by atoms with van der Waals surface area (Å²) < 4.78 is 5.10. The first kappa shape index (κ1) is 22.7. The molecule has 0 radical (unpaired) electrons. The third kappa shape index (κ3) is 8.54. The molecular formula is C22H33N3O4. The summed E-state index contributed by atoms with van der Waals surface area (Å²) in [7, 11) is 0. The standard InChI is InChI=1S/C22H33N3O4/c1-16-5-7-17(8-6-16)9-10-20(27)25-13-11-18(12-14-25)24-19(26)15-23-21(28)29-22(2,3)4/h5-8,18H,9-15H2,1-4H3,(H,23,28)(H,24,26). The smallest absolute Gasteiger partial charge is 0.408 e. The van der Waals surface area contributed by atoms with Gasteiger partial charge in [0.2, 0.25) is 11.8 Å². The second-order valence-electron chi connectivity index (χ2n) is 8.56. The molecule has 1 aliphatic rings. The number of ether oxygens (including phenoxy) is 1. The highest BCUT2D eigenvalue weighted by Crippen LogP contribution is 2.13. The number of benzene rings is 1. The van der Waals surface area contributed by atoms with Crippen LogP contribution in [-0.4, -0.2) is 54.1 Å². The van der Waals surface area contributed by atoms with Gasteiger partial charge in [-0.15, -0.1) is 0 Å². The van der Waals surface area contributed by atoms with Crippen molar-refractivity contribution in [3.63, 3.8) is 0 Å². The first-order valence-corrected chi connectivity index (χ1v) is 10.2. The summed E-state index contributed by atoms with van der Waals surface area (Å²) in [5, 5.41) is 5.37. The lowest BCUT2D eigenvalue weighted by Gasteiger charge is -2.32. The highest BCUT2D eigenvalue weighted by atomic mass is 16.6. The highest BCUT2D eigenvalue weighted by molar-refractivity contribution is 5.82. The van der Waals surface area contributed by atoms with Crippen molar-refractivity contribution in [2.45, 2.75) is 65.0 Å². The molecular weight excluding hydrogens is 370 g/mol. The number of likely N-dealkylation sites (tertiary alicyclic amines) is 1. The van der Waals surface area contributed by atoms with Crippen LogP contribution in [0.3, 0.4) is 0 Å². The maximum Gasteiger partial charge on any atom is 0.408 e. The molecule has 1 heterocycles. The Morgan fingerprint density at radius 1 is 1.10 bits per heavy atom. The van der Waals surface area contributed by atoms with Gasteiger partial charge >= 0.3 is 6.09 Å². The van der Waals surface area contributed by atoms with Crippen LogP contribution < -0.4 is 10.6 Å². The van der Waals surface area contributed by atoms with Crippen LogP contribution in [0.4, 0.5) is 4.79 Å². The van der Waals surface area contributed by atoms with Crippen molar-refractivity contribution in [2.24, 2.45) is 0 Å². The van der Waals surface area contributed by atoms with Crippen LogP contribution in [0.25, 0.3) is 0 Å². The zero-order valence-electron chi connectivity index (χ0n) is 17.9. The van der Waals surface area contributed by atoms with Crippen LogP contribution >= 0.6 is 0 Å². The number of carbonyl (C=O) groups is 3. The maximum atomic E-state index is 12.4. The lowest BCUT2D eigenvalue weighted by atomic mass is 10.0. The van der Waals surface area contributed by atoms with Gasteiger partial charge in [0.25, 0.3) is 0 Å². The Bertz CT molecular complexity index is 702. The van der Waals surface area contributed by atoms with E-state index in [0.717, 1.165) is 6.42 Å². The number of nitrogens with one attached hydrogen (secondary N) is 2. The van der Waals surface area contributed by atoms with Gasteiger partial charge in [-0.25, -0.2) is 4.79 Å². The van der Waals surface area contributed by atoms with E-state index < -0.39 is 11.7 Å². The summed E-state index contributed by atoms with van der Waals surface area (Å²) in [4.78, 5) is 37.9. The summed E-state index contributed by atoms with van der Waals surface area (Å²) in [6, 6.07) is 8.27. The molecule has 1 saturated heterocycles. The Labute approximate surface area is 173 Å². The largest absolute Gasteiger partial charge is 0.444 e. The molecule has 2 N–H and O–H groups in total. The Morgan fingerprint density at radius 2 is 1.72 bits per heavy atom. The van der Waals surface area contributed by atoms with Gasteiger partial charge in [-0.1, -0.05) is 29.8 Å². The van der Waals surface area contributed by atoms with Crippen LogP contribution in [0.1, 0.15) is 51.2 Å². The lowest BCUT2D eigenvalue weighted by molar-refractivity contribution is -0.132. The van der Waals surface area contributed by atoms with Crippen molar-refractivity contribution < 1.29 is 19.1 Å². The molecule has 29 heavy (non-hydrogen) atoms. The van der Waals surface area contributed by atoms with E-state index in [1.807, 2.05) is 11.8 Å². The third-order valence-electron chi connectivity index (χ3n) is 4.75. The van der Waals surface area contributed by atoms with Crippen LogP contribution in [0, 0.1) is 6.92 Å². The van der Waals surface area contributed by atoms with Gasteiger partial charge in [-0.05, 0) is 52.5 Å². The number of piperidine rings is 1. The van der Waals surface area contributed by atoms with Gasteiger partial charge in [-0.3, -0.25) is 9.59 Å². The number of rotatable bonds is 6. The molecule has 7 nitrogen and oxygen atoms in total. The molecule has 160 valence electrons. The Balaban J connectivity index is 1.65. The van der Waals surface area contributed by atoms with E-state index in [1.165, 1.54) is 11.1 Å². The SMILES string of the molecule is Cc1ccc(CCC(=O)N2CCC(NC(=O)CNC(=O)OC(C)(C)C)CC2)cc1. The number of amides is 3. The van der Waals surface area contributed by atoms with Gasteiger partial charge in [0, 0.05) is 25.6 Å². The highest BCUT2D eigenvalue weighted by Gasteiger charge is 2.24. The zero-order chi connectivity index (χ0) is 21.4. The first-order chi connectivity index (χ1) is 13.6. The average molecular weight is 404 g/mol. The Kier molecular flexibility index (Phi) is 8.05. The fraction of sp³-hybridized carbons (Fsp3) is 0.591.